The number of rotatable bonds is 4. The van der Waals surface area contributed by atoms with Gasteiger partial charge in [-0.1, -0.05) is 0 Å². The molecule has 7 aliphatic rings. The Hall–Kier alpha value is -1.14. The zero-order valence-corrected chi connectivity index (χ0v) is 13.6. The van der Waals surface area contributed by atoms with Crippen molar-refractivity contribution in [1.82, 2.24) is 5.32 Å². The predicted molar refractivity (Wildman–Crippen MR) is 81.1 cm³/mol. The molecule has 6 heteroatoms. The highest BCUT2D eigenvalue weighted by atomic mass is 16.5. The lowest BCUT2D eigenvalue weighted by Crippen LogP contribution is -2.59. The number of carboxylic acid groups (broad SMARTS) is 1. The van der Waals surface area contributed by atoms with E-state index in [-0.39, 0.29) is 17.9 Å². The quantitative estimate of drug-likeness (QED) is 0.804. The summed E-state index contributed by atoms with van der Waals surface area (Å²) in [4.78, 5) is 24.4. The molecule has 0 radical (unpaired) electrons. The maximum Gasteiger partial charge on any atom is 0.312 e. The summed E-state index contributed by atoms with van der Waals surface area (Å²) >= 11 is 0. The number of aliphatic carboxylic acids is 1. The Labute approximate surface area is 140 Å². The first-order valence-corrected chi connectivity index (χ1v) is 9.34. The molecule has 3 saturated carbocycles. The summed E-state index contributed by atoms with van der Waals surface area (Å²) in [6.45, 7) is 0.449. The SMILES string of the molecule is O=C(NCC12CC(C(=O)O)(C1)C1(CCC1)O2)[C@@H]1C[C@@H]2O[C@H]1[C@H]1C[C@H]12. The van der Waals surface area contributed by atoms with Crippen LogP contribution in [0.15, 0.2) is 0 Å². The number of carboxylic acids is 1. The van der Waals surface area contributed by atoms with Crippen LogP contribution in [0.5, 0.6) is 0 Å². The lowest BCUT2D eigenvalue weighted by Gasteiger charge is -2.48. The van der Waals surface area contributed by atoms with E-state index in [0.717, 1.165) is 31.6 Å². The van der Waals surface area contributed by atoms with Crippen molar-refractivity contribution in [3.63, 3.8) is 0 Å². The maximum absolute atomic E-state index is 12.6. The van der Waals surface area contributed by atoms with Crippen molar-refractivity contribution in [3.05, 3.63) is 0 Å². The maximum atomic E-state index is 12.6. The molecular weight excluding hydrogens is 310 g/mol. The molecule has 5 atom stereocenters. The topological polar surface area (TPSA) is 84.9 Å². The number of carbonyl (C=O) groups excluding carboxylic acids is 1. The fourth-order valence-electron chi connectivity index (χ4n) is 6.63. The average Bonchev–Trinajstić information content (AvgIpc) is 2.85. The normalized spacial score (nSPS) is 54.1. The molecule has 7 fully saturated rings. The molecule has 4 aliphatic heterocycles. The van der Waals surface area contributed by atoms with Crippen molar-refractivity contribution in [1.29, 1.82) is 0 Å². The Kier molecular flexibility index (Phi) is 2.34. The van der Waals surface area contributed by atoms with Gasteiger partial charge in [0, 0.05) is 6.54 Å². The standard InChI is InChI=1S/C18H23NO5/c20-14(11-5-12-9-4-10(9)13(11)23-12)19-8-16-6-17(7-16,15(21)22)18(24-16)2-1-3-18/h9-13H,1-8H2,(H,19,20)(H,21,22)/t9-,10+,11-,12+,13+,16?,17?/m1/s1. The first-order valence-electron chi connectivity index (χ1n) is 9.34. The van der Waals surface area contributed by atoms with E-state index < -0.39 is 22.6 Å². The van der Waals surface area contributed by atoms with Crippen LogP contribution < -0.4 is 5.32 Å². The van der Waals surface area contributed by atoms with Gasteiger partial charge in [0.1, 0.15) is 5.41 Å². The number of fused-ring (bicyclic) bond motifs is 5. The summed E-state index contributed by atoms with van der Waals surface area (Å²) in [6.07, 6.45) is 6.35. The van der Waals surface area contributed by atoms with E-state index in [1.165, 1.54) is 6.42 Å². The summed E-state index contributed by atoms with van der Waals surface area (Å²) < 4.78 is 12.2. The van der Waals surface area contributed by atoms with Crippen molar-refractivity contribution in [2.45, 2.75) is 68.4 Å². The number of amides is 1. The summed E-state index contributed by atoms with van der Waals surface area (Å²) in [5, 5.41) is 12.8. The lowest BCUT2D eigenvalue weighted by atomic mass is 9.51. The van der Waals surface area contributed by atoms with E-state index in [2.05, 4.69) is 5.32 Å². The summed E-state index contributed by atoms with van der Waals surface area (Å²) in [5.41, 5.74) is -1.61. The minimum Gasteiger partial charge on any atom is -0.481 e. The van der Waals surface area contributed by atoms with Crippen LogP contribution in [-0.2, 0) is 19.1 Å². The van der Waals surface area contributed by atoms with Gasteiger partial charge in [-0.15, -0.1) is 0 Å². The molecule has 0 aromatic carbocycles. The molecule has 1 spiro atoms. The zero-order valence-electron chi connectivity index (χ0n) is 13.6. The molecule has 0 aromatic heterocycles. The van der Waals surface area contributed by atoms with Crippen LogP contribution in [0.25, 0.3) is 0 Å². The Morgan fingerprint density at radius 2 is 1.96 bits per heavy atom. The van der Waals surface area contributed by atoms with Gasteiger partial charge in [0.2, 0.25) is 5.91 Å². The molecule has 4 heterocycles. The third kappa shape index (κ3) is 1.43. The van der Waals surface area contributed by atoms with E-state index in [9.17, 15) is 14.7 Å². The Morgan fingerprint density at radius 3 is 2.50 bits per heavy atom. The van der Waals surface area contributed by atoms with Gasteiger partial charge >= 0.3 is 5.97 Å². The first kappa shape index (κ1) is 14.1. The predicted octanol–water partition coefficient (Wildman–Crippen LogP) is 1.08. The molecule has 6 nitrogen and oxygen atoms in total. The highest BCUT2D eigenvalue weighted by Gasteiger charge is 2.79. The highest BCUT2D eigenvalue weighted by molar-refractivity contribution is 5.82. The number of nitrogens with one attached hydrogen (secondary N) is 1. The number of ether oxygens (including phenoxy) is 2. The minimum absolute atomic E-state index is 0.0153. The molecule has 2 N–H and O–H groups in total. The summed E-state index contributed by atoms with van der Waals surface area (Å²) in [6, 6.07) is 0. The van der Waals surface area contributed by atoms with Gasteiger partial charge in [0.15, 0.2) is 0 Å². The highest BCUT2D eigenvalue weighted by Crippen LogP contribution is 2.72. The van der Waals surface area contributed by atoms with Gasteiger partial charge < -0.3 is 19.9 Å². The number of hydrogen-bond acceptors (Lipinski definition) is 4. The fourth-order valence-corrected chi connectivity index (χ4v) is 6.63. The molecule has 0 aromatic rings. The first-order chi connectivity index (χ1) is 11.5. The van der Waals surface area contributed by atoms with Crippen LogP contribution in [-0.4, -0.2) is 46.9 Å². The number of carbonyl (C=O) groups is 2. The molecule has 7 rings (SSSR count). The van der Waals surface area contributed by atoms with Gasteiger partial charge in [-0.2, -0.15) is 0 Å². The van der Waals surface area contributed by atoms with Crippen molar-refractivity contribution in [3.8, 4) is 0 Å². The van der Waals surface area contributed by atoms with Gasteiger partial charge in [-0.25, -0.2) is 0 Å². The molecular formula is C18H23NO5. The van der Waals surface area contributed by atoms with E-state index in [0.29, 0.717) is 31.4 Å². The van der Waals surface area contributed by atoms with E-state index in [1.807, 2.05) is 0 Å². The second-order valence-corrected chi connectivity index (χ2v) is 9.14. The molecule has 130 valence electrons. The summed E-state index contributed by atoms with van der Waals surface area (Å²) in [5.74, 6) is 0.675. The van der Waals surface area contributed by atoms with Crippen molar-refractivity contribution < 1.29 is 24.2 Å². The molecule has 4 bridgehead atoms. The van der Waals surface area contributed by atoms with Crippen LogP contribution in [0.1, 0.15) is 44.9 Å². The molecule has 4 saturated heterocycles. The third-order valence-electron chi connectivity index (χ3n) is 8.03. The monoisotopic (exact) mass is 333 g/mol. The summed E-state index contributed by atoms with van der Waals surface area (Å²) in [7, 11) is 0. The Balaban J connectivity index is 1.13. The Morgan fingerprint density at radius 1 is 1.17 bits per heavy atom. The minimum atomic E-state index is -0.720. The van der Waals surface area contributed by atoms with Crippen LogP contribution in [0.4, 0.5) is 0 Å². The molecule has 3 aliphatic carbocycles. The van der Waals surface area contributed by atoms with Gasteiger partial charge in [0.05, 0.1) is 29.3 Å². The van der Waals surface area contributed by atoms with Gasteiger partial charge in [-0.3, -0.25) is 9.59 Å². The van der Waals surface area contributed by atoms with Gasteiger partial charge in [-0.05, 0) is 56.8 Å². The van der Waals surface area contributed by atoms with Crippen molar-refractivity contribution in [2.75, 3.05) is 6.54 Å². The van der Waals surface area contributed by atoms with Crippen LogP contribution in [0.3, 0.4) is 0 Å². The lowest BCUT2D eigenvalue weighted by molar-refractivity contribution is -0.163. The van der Waals surface area contributed by atoms with E-state index in [4.69, 9.17) is 9.47 Å². The molecule has 24 heavy (non-hydrogen) atoms. The number of hydrogen-bond donors (Lipinski definition) is 2. The van der Waals surface area contributed by atoms with Crippen molar-refractivity contribution in [2.24, 2.45) is 23.2 Å². The van der Waals surface area contributed by atoms with Crippen LogP contribution in [0, 0.1) is 23.2 Å². The van der Waals surface area contributed by atoms with E-state index >= 15 is 0 Å². The largest absolute Gasteiger partial charge is 0.481 e. The van der Waals surface area contributed by atoms with Crippen LogP contribution in [0.2, 0.25) is 0 Å². The van der Waals surface area contributed by atoms with Gasteiger partial charge in [0.25, 0.3) is 0 Å². The Bertz CT molecular complexity index is 650. The zero-order chi connectivity index (χ0) is 16.3. The molecule has 1 amide bonds. The average molecular weight is 333 g/mol. The fraction of sp³-hybridized carbons (Fsp3) is 0.889. The van der Waals surface area contributed by atoms with E-state index in [1.54, 1.807) is 0 Å². The third-order valence-corrected chi connectivity index (χ3v) is 8.03. The second-order valence-electron chi connectivity index (χ2n) is 9.14. The van der Waals surface area contributed by atoms with Crippen LogP contribution >= 0.6 is 0 Å². The smallest absolute Gasteiger partial charge is 0.312 e. The van der Waals surface area contributed by atoms with Crippen molar-refractivity contribution >= 4 is 11.9 Å². The molecule has 0 unspecified atom stereocenters. The second kappa shape index (κ2) is 3.98.